The molecule has 2 aromatic carbocycles. The fraction of sp³-hybridized carbons (Fsp3) is 0.238. The van der Waals surface area contributed by atoms with Gasteiger partial charge in [0.25, 0.3) is 0 Å². The van der Waals surface area contributed by atoms with Crippen molar-refractivity contribution in [3.63, 3.8) is 0 Å². The van der Waals surface area contributed by atoms with Gasteiger partial charge in [-0.05, 0) is 55.3 Å². The van der Waals surface area contributed by atoms with Crippen LogP contribution in [0.15, 0.2) is 47.3 Å². The summed E-state index contributed by atoms with van der Waals surface area (Å²) in [6.45, 7) is 4.03. The number of aryl methyl sites for hydroxylation is 2. The number of amides is 1. The first kappa shape index (κ1) is 19.0. The number of aromatic amines is 1. The number of rotatable bonds is 6. The van der Waals surface area contributed by atoms with E-state index in [0.29, 0.717) is 16.9 Å². The largest absolute Gasteiger partial charge is 0.497 e. The Balaban J connectivity index is 1.62. The minimum atomic E-state index is -0.0830. The number of fused-ring (bicyclic) bond motifs is 1. The molecule has 0 aliphatic rings. The Kier molecular flexibility index (Phi) is 5.86. The van der Waals surface area contributed by atoms with Gasteiger partial charge in [-0.1, -0.05) is 6.07 Å². The topological polar surface area (TPSA) is 71.2 Å². The van der Waals surface area contributed by atoms with Crippen molar-refractivity contribution in [3.8, 4) is 5.75 Å². The van der Waals surface area contributed by atoms with Gasteiger partial charge in [-0.25, -0.2) is 0 Å². The predicted octanol–water partition coefficient (Wildman–Crippen LogP) is 4.03. The molecular weight excluding hydrogens is 360 g/mol. The van der Waals surface area contributed by atoms with Crippen molar-refractivity contribution < 1.29 is 9.53 Å². The molecule has 0 fully saturated rings. The van der Waals surface area contributed by atoms with E-state index in [1.54, 1.807) is 37.4 Å². The van der Waals surface area contributed by atoms with Crippen molar-refractivity contribution in [2.45, 2.75) is 19.6 Å². The number of benzene rings is 2. The average Bonchev–Trinajstić information content (AvgIpc) is 2.65. The van der Waals surface area contributed by atoms with Crippen LogP contribution < -0.4 is 15.5 Å². The lowest BCUT2D eigenvalue weighted by Crippen LogP contribution is -2.14. The van der Waals surface area contributed by atoms with Crippen LogP contribution in [0.2, 0.25) is 0 Å². The number of nitrogens with one attached hydrogen (secondary N) is 2. The lowest BCUT2D eigenvalue weighted by molar-refractivity contribution is -0.113. The number of ether oxygens (including phenoxy) is 1. The van der Waals surface area contributed by atoms with E-state index in [-0.39, 0.29) is 11.3 Å². The normalized spacial score (nSPS) is 10.8. The van der Waals surface area contributed by atoms with Crippen LogP contribution in [-0.2, 0) is 10.5 Å². The van der Waals surface area contributed by atoms with E-state index in [4.69, 9.17) is 4.74 Å². The Bertz CT molecular complexity index is 1030. The fourth-order valence-electron chi connectivity index (χ4n) is 2.82. The van der Waals surface area contributed by atoms with Crippen LogP contribution in [-0.4, -0.2) is 23.8 Å². The van der Waals surface area contributed by atoms with Gasteiger partial charge in [0.1, 0.15) is 5.75 Å². The standard InChI is InChI=1S/C21H22N2O3S/c1-13-4-9-18-19(24)10-16(23-21(18)14(13)2)11-27-12-20(25)22-15-5-7-17(26-3)8-6-15/h4-10H,11-12H2,1-3H3,(H,22,25)(H,23,24). The summed E-state index contributed by atoms with van der Waals surface area (Å²) in [5.74, 6) is 1.53. The fourth-order valence-corrected chi connectivity index (χ4v) is 3.55. The zero-order valence-electron chi connectivity index (χ0n) is 15.6. The van der Waals surface area contributed by atoms with Crippen LogP contribution in [0, 0.1) is 13.8 Å². The molecule has 0 bridgehead atoms. The number of hydrogen-bond donors (Lipinski definition) is 2. The Morgan fingerprint density at radius 1 is 1.15 bits per heavy atom. The molecule has 0 radical (unpaired) electrons. The van der Waals surface area contributed by atoms with Crippen molar-refractivity contribution in [1.82, 2.24) is 4.98 Å². The highest BCUT2D eigenvalue weighted by Gasteiger charge is 2.08. The molecule has 1 amide bonds. The first-order chi connectivity index (χ1) is 13.0. The van der Waals surface area contributed by atoms with Crippen LogP contribution in [0.25, 0.3) is 10.9 Å². The Labute approximate surface area is 162 Å². The average molecular weight is 382 g/mol. The number of anilines is 1. The molecule has 6 heteroatoms. The third kappa shape index (κ3) is 4.52. The Morgan fingerprint density at radius 3 is 2.59 bits per heavy atom. The quantitative estimate of drug-likeness (QED) is 0.675. The van der Waals surface area contributed by atoms with Gasteiger partial charge in [0.05, 0.1) is 18.4 Å². The van der Waals surface area contributed by atoms with Crippen LogP contribution >= 0.6 is 11.8 Å². The number of H-pyrrole nitrogens is 1. The molecule has 2 N–H and O–H groups in total. The molecule has 0 saturated carbocycles. The summed E-state index contributed by atoms with van der Waals surface area (Å²) in [4.78, 5) is 27.8. The molecule has 0 aliphatic carbocycles. The molecule has 140 valence electrons. The minimum Gasteiger partial charge on any atom is -0.497 e. The maximum atomic E-state index is 12.3. The van der Waals surface area contributed by atoms with Crippen molar-refractivity contribution >= 4 is 34.3 Å². The molecule has 0 aliphatic heterocycles. The van der Waals surface area contributed by atoms with E-state index in [1.165, 1.54) is 11.8 Å². The van der Waals surface area contributed by atoms with Crippen LogP contribution in [0.4, 0.5) is 5.69 Å². The molecule has 3 rings (SSSR count). The molecule has 3 aromatic rings. The number of carbonyl (C=O) groups excluding carboxylic acids is 1. The number of pyridine rings is 1. The number of hydrogen-bond acceptors (Lipinski definition) is 4. The third-order valence-corrected chi connectivity index (χ3v) is 5.44. The SMILES string of the molecule is COc1ccc(NC(=O)CSCc2cc(=O)c3ccc(C)c(C)c3[nH]2)cc1. The minimum absolute atomic E-state index is 0.00475. The van der Waals surface area contributed by atoms with Crippen molar-refractivity contribution in [1.29, 1.82) is 0 Å². The van der Waals surface area contributed by atoms with Gasteiger partial charge < -0.3 is 15.0 Å². The van der Waals surface area contributed by atoms with Crippen molar-refractivity contribution in [3.05, 3.63) is 69.5 Å². The zero-order valence-corrected chi connectivity index (χ0v) is 16.4. The van der Waals surface area contributed by atoms with E-state index in [1.807, 2.05) is 26.0 Å². The summed E-state index contributed by atoms with van der Waals surface area (Å²) in [5.41, 5.74) is 4.65. The van der Waals surface area contributed by atoms with Crippen molar-refractivity contribution in [2.24, 2.45) is 0 Å². The van der Waals surface area contributed by atoms with E-state index in [0.717, 1.165) is 33.8 Å². The van der Waals surface area contributed by atoms with Crippen LogP contribution in [0.3, 0.4) is 0 Å². The Hall–Kier alpha value is -2.73. The van der Waals surface area contributed by atoms with Crippen LogP contribution in [0.1, 0.15) is 16.8 Å². The molecule has 27 heavy (non-hydrogen) atoms. The summed E-state index contributed by atoms with van der Waals surface area (Å²) in [6.07, 6.45) is 0. The van der Waals surface area contributed by atoms with E-state index in [2.05, 4.69) is 10.3 Å². The Morgan fingerprint density at radius 2 is 1.89 bits per heavy atom. The highest BCUT2D eigenvalue weighted by molar-refractivity contribution is 7.99. The first-order valence-corrected chi connectivity index (χ1v) is 9.77. The zero-order chi connectivity index (χ0) is 19.4. The lowest BCUT2D eigenvalue weighted by atomic mass is 10.0. The second-order valence-electron chi connectivity index (χ2n) is 6.36. The maximum Gasteiger partial charge on any atom is 0.234 e. The highest BCUT2D eigenvalue weighted by atomic mass is 32.2. The molecule has 1 heterocycles. The molecule has 0 unspecified atom stereocenters. The van der Waals surface area contributed by atoms with E-state index in [9.17, 15) is 9.59 Å². The third-order valence-electron chi connectivity index (χ3n) is 4.46. The molecule has 0 atom stereocenters. The molecule has 1 aromatic heterocycles. The van der Waals surface area contributed by atoms with Crippen LogP contribution in [0.5, 0.6) is 5.75 Å². The molecular formula is C21H22N2O3S. The van der Waals surface area contributed by atoms with Gasteiger partial charge in [0.2, 0.25) is 5.91 Å². The van der Waals surface area contributed by atoms with Gasteiger partial charge in [0.15, 0.2) is 5.43 Å². The smallest absolute Gasteiger partial charge is 0.234 e. The number of methoxy groups -OCH3 is 1. The van der Waals surface area contributed by atoms with E-state index < -0.39 is 0 Å². The monoisotopic (exact) mass is 382 g/mol. The highest BCUT2D eigenvalue weighted by Crippen LogP contribution is 2.19. The summed E-state index contributed by atoms with van der Waals surface area (Å²) >= 11 is 1.46. The summed E-state index contributed by atoms with van der Waals surface area (Å²) in [6, 6.07) is 12.6. The number of carbonyl (C=O) groups is 1. The molecule has 0 saturated heterocycles. The second-order valence-corrected chi connectivity index (χ2v) is 7.34. The van der Waals surface area contributed by atoms with Gasteiger partial charge >= 0.3 is 0 Å². The lowest BCUT2D eigenvalue weighted by Gasteiger charge is -2.09. The first-order valence-electron chi connectivity index (χ1n) is 8.61. The molecule has 0 spiro atoms. The molecule has 5 nitrogen and oxygen atoms in total. The summed E-state index contributed by atoms with van der Waals surface area (Å²) in [7, 11) is 1.60. The number of aromatic nitrogens is 1. The summed E-state index contributed by atoms with van der Waals surface area (Å²) in [5, 5.41) is 3.55. The predicted molar refractivity (Wildman–Crippen MR) is 112 cm³/mol. The van der Waals surface area contributed by atoms with Gasteiger partial charge in [-0.15, -0.1) is 11.8 Å². The second kappa shape index (κ2) is 8.31. The van der Waals surface area contributed by atoms with Gasteiger partial charge in [0, 0.05) is 28.6 Å². The number of thioether (sulfide) groups is 1. The maximum absolute atomic E-state index is 12.3. The summed E-state index contributed by atoms with van der Waals surface area (Å²) < 4.78 is 5.10. The van der Waals surface area contributed by atoms with Gasteiger partial charge in [-0.2, -0.15) is 0 Å². The van der Waals surface area contributed by atoms with Gasteiger partial charge in [-0.3, -0.25) is 9.59 Å². The van der Waals surface area contributed by atoms with Crippen molar-refractivity contribution in [2.75, 3.05) is 18.2 Å². The van der Waals surface area contributed by atoms with E-state index >= 15 is 0 Å².